The van der Waals surface area contributed by atoms with E-state index in [1.165, 1.54) is 0 Å². The van der Waals surface area contributed by atoms with Crippen molar-refractivity contribution in [2.45, 2.75) is 19.4 Å². The molecular weight excluding hydrogens is 392 g/mol. The molecule has 7 nitrogen and oxygen atoms in total. The van der Waals surface area contributed by atoms with Gasteiger partial charge in [0.1, 0.15) is 11.5 Å². The van der Waals surface area contributed by atoms with E-state index >= 15 is 0 Å². The molecule has 1 aliphatic heterocycles. The van der Waals surface area contributed by atoms with E-state index in [1.54, 1.807) is 12.1 Å². The summed E-state index contributed by atoms with van der Waals surface area (Å²) >= 11 is 0. The Labute approximate surface area is 184 Å². The Bertz CT molecular complexity index is 896. The van der Waals surface area contributed by atoms with Crippen molar-refractivity contribution >= 4 is 11.6 Å². The molecule has 1 N–H and O–H groups in total. The number of nitrogens with zero attached hydrogens (tertiary/aromatic N) is 3. The topological polar surface area (TPSA) is 66.4 Å². The Balaban J connectivity index is 1.83. The van der Waals surface area contributed by atoms with Gasteiger partial charge in [0.2, 0.25) is 0 Å². The molecule has 1 amide bonds. The van der Waals surface area contributed by atoms with Gasteiger partial charge in [-0.05, 0) is 50.8 Å². The fourth-order valence-electron chi connectivity index (χ4n) is 3.58. The lowest BCUT2D eigenvalue weighted by Crippen LogP contribution is -2.37. The molecule has 0 aromatic heterocycles. The molecule has 0 saturated heterocycles. The first-order chi connectivity index (χ1) is 15.0. The maximum Gasteiger partial charge on any atom is 0.257 e. The monoisotopic (exact) mass is 424 g/mol. The minimum atomic E-state index is -0.168. The first-order valence-electron chi connectivity index (χ1n) is 10.6. The molecule has 1 atom stereocenters. The van der Waals surface area contributed by atoms with Crippen LogP contribution in [0.1, 0.15) is 30.5 Å². The number of hydrogen-bond acceptors (Lipinski definition) is 6. The lowest BCUT2D eigenvalue weighted by atomic mass is 9.98. The van der Waals surface area contributed by atoms with E-state index in [9.17, 15) is 4.79 Å². The first kappa shape index (κ1) is 22.8. The molecule has 166 valence electrons. The molecule has 1 aliphatic rings. The Kier molecular flexibility index (Phi) is 8.03. The molecule has 1 heterocycles. The van der Waals surface area contributed by atoms with Crippen molar-refractivity contribution in [3.05, 3.63) is 59.7 Å². The average molecular weight is 425 g/mol. The quantitative estimate of drug-likeness (QED) is 0.594. The van der Waals surface area contributed by atoms with Crippen molar-refractivity contribution in [3.63, 3.8) is 0 Å². The number of methoxy groups -OCH3 is 1. The molecule has 0 bridgehead atoms. The van der Waals surface area contributed by atoms with Gasteiger partial charge in [0.15, 0.2) is 0 Å². The Hall–Kier alpha value is -2.90. The number of ether oxygens (including phenoxy) is 2. The van der Waals surface area contributed by atoms with Gasteiger partial charge in [0.25, 0.3) is 5.91 Å². The second kappa shape index (κ2) is 10.9. The molecule has 0 radical (unpaired) electrons. The largest absolute Gasteiger partial charge is 0.496 e. The van der Waals surface area contributed by atoms with Crippen LogP contribution >= 0.6 is 0 Å². The number of hydrazone groups is 1. The summed E-state index contributed by atoms with van der Waals surface area (Å²) in [5.74, 6) is 1.52. The normalized spacial score (nSPS) is 15.8. The number of hydrogen-bond donors (Lipinski definition) is 1. The number of para-hydroxylation sites is 1. The molecule has 2 aromatic rings. The fourth-order valence-corrected chi connectivity index (χ4v) is 3.58. The van der Waals surface area contributed by atoms with E-state index in [-0.39, 0.29) is 18.5 Å². The highest BCUT2D eigenvalue weighted by Crippen LogP contribution is 2.35. The van der Waals surface area contributed by atoms with Crippen molar-refractivity contribution in [2.75, 3.05) is 47.4 Å². The molecular formula is C24H32N4O3. The molecule has 7 heteroatoms. The summed E-state index contributed by atoms with van der Waals surface area (Å²) in [5, 5.41) is 9.57. The molecule has 0 aliphatic carbocycles. The minimum absolute atomic E-state index is 0.0532. The van der Waals surface area contributed by atoms with Crippen LogP contribution in [0.5, 0.6) is 11.5 Å². The molecule has 31 heavy (non-hydrogen) atoms. The van der Waals surface area contributed by atoms with Crippen LogP contribution in [-0.4, -0.2) is 69.0 Å². The summed E-state index contributed by atoms with van der Waals surface area (Å²) in [5.41, 5.74) is 2.79. The van der Waals surface area contributed by atoms with Gasteiger partial charge in [-0.15, -0.1) is 0 Å². The summed E-state index contributed by atoms with van der Waals surface area (Å²) in [6, 6.07) is 15.5. The Morgan fingerprint density at radius 2 is 1.94 bits per heavy atom. The number of carbonyl (C=O) groups is 1. The summed E-state index contributed by atoms with van der Waals surface area (Å²) in [4.78, 5) is 15.1. The summed E-state index contributed by atoms with van der Waals surface area (Å²) < 4.78 is 11.1. The van der Waals surface area contributed by atoms with Crippen molar-refractivity contribution in [1.82, 2.24) is 15.2 Å². The maximum atomic E-state index is 13.1. The highest BCUT2D eigenvalue weighted by atomic mass is 16.5. The van der Waals surface area contributed by atoms with Gasteiger partial charge in [-0.1, -0.05) is 24.3 Å². The van der Waals surface area contributed by atoms with Crippen LogP contribution in [0.15, 0.2) is 53.6 Å². The zero-order chi connectivity index (χ0) is 22.2. The van der Waals surface area contributed by atoms with E-state index in [2.05, 4.69) is 10.2 Å². The van der Waals surface area contributed by atoms with Gasteiger partial charge in [-0.25, -0.2) is 5.01 Å². The van der Waals surface area contributed by atoms with Crippen molar-refractivity contribution in [3.8, 4) is 11.5 Å². The van der Waals surface area contributed by atoms with Crippen molar-refractivity contribution in [1.29, 1.82) is 0 Å². The number of benzene rings is 2. The Morgan fingerprint density at radius 1 is 1.19 bits per heavy atom. The average Bonchev–Trinajstić information content (AvgIpc) is 3.22. The van der Waals surface area contributed by atoms with E-state index < -0.39 is 0 Å². The van der Waals surface area contributed by atoms with Crippen LogP contribution < -0.4 is 14.8 Å². The standard InChI is InChI=1S/C24H32N4O3/c1-5-31-19-12-10-18(11-13-19)22-16-21(20-8-6-7-9-23(20)30-4)26-28(22)24(29)17-25-14-15-27(2)3/h6-13,22,25H,5,14-17H2,1-4H3. The van der Waals surface area contributed by atoms with E-state index in [4.69, 9.17) is 14.6 Å². The van der Waals surface area contributed by atoms with E-state index in [0.717, 1.165) is 41.4 Å². The molecule has 0 saturated carbocycles. The molecule has 1 unspecified atom stereocenters. The van der Waals surface area contributed by atoms with Crippen LogP contribution in [0.3, 0.4) is 0 Å². The van der Waals surface area contributed by atoms with E-state index in [1.807, 2.05) is 69.6 Å². The predicted octanol–water partition coefficient (Wildman–Crippen LogP) is 2.92. The summed E-state index contributed by atoms with van der Waals surface area (Å²) in [6.45, 7) is 4.42. The third-order valence-corrected chi connectivity index (χ3v) is 5.17. The van der Waals surface area contributed by atoms with Gasteiger partial charge in [-0.2, -0.15) is 5.10 Å². The lowest BCUT2D eigenvalue weighted by Gasteiger charge is -2.22. The summed E-state index contributed by atoms with van der Waals surface area (Å²) in [6.07, 6.45) is 0.623. The van der Waals surface area contributed by atoms with Crippen molar-refractivity contribution in [2.24, 2.45) is 5.10 Å². The zero-order valence-corrected chi connectivity index (χ0v) is 18.8. The van der Waals surface area contributed by atoms with Gasteiger partial charge in [-0.3, -0.25) is 4.79 Å². The van der Waals surface area contributed by atoms with Gasteiger partial charge >= 0.3 is 0 Å². The van der Waals surface area contributed by atoms with Gasteiger partial charge < -0.3 is 19.7 Å². The molecule has 0 spiro atoms. The minimum Gasteiger partial charge on any atom is -0.496 e. The fraction of sp³-hybridized carbons (Fsp3) is 0.417. The van der Waals surface area contributed by atoms with Crippen molar-refractivity contribution < 1.29 is 14.3 Å². The highest BCUT2D eigenvalue weighted by molar-refractivity contribution is 6.05. The third kappa shape index (κ3) is 5.83. The molecule has 0 fully saturated rings. The number of nitrogens with one attached hydrogen (secondary N) is 1. The van der Waals surface area contributed by atoms with Crippen LogP contribution in [0.4, 0.5) is 0 Å². The van der Waals surface area contributed by atoms with Crippen LogP contribution in [-0.2, 0) is 4.79 Å². The second-order valence-corrected chi connectivity index (χ2v) is 7.69. The zero-order valence-electron chi connectivity index (χ0n) is 18.8. The SMILES string of the molecule is CCOc1ccc(C2CC(c3ccccc3OC)=NN2C(=O)CNCCN(C)C)cc1. The smallest absolute Gasteiger partial charge is 0.257 e. The third-order valence-electron chi connectivity index (χ3n) is 5.17. The molecule has 2 aromatic carbocycles. The van der Waals surface area contributed by atoms with Gasteiger partial charge in [0.05, 0.1) is 32.0 Å². The number of amides is 1. The van der Waals surface area contributed by atoms with E-state index in [0.29, 0.717) is 13.0 Å². The van der Waals surface area contributed by atoms with Crippen LogP contribution in [0, 0.1) is 0 Å². The first-order valence-corrected chi connectivity index (χ1v) is 10.6. The maximum absolute atomic E-state index is 13.1. The number of carbonyl (C=O) groups excluding carboxylic acids is 1. The highest BCUT2D eigenvalue weighted by Gasteiger charge is 2.33. The van der Waals surface area contributed by atoms with Gasteiger partial charge in [0, 0.05) is 25.1 Å². The summed E-state index contributed by atoms with van der Waals surface area (Å²) in [7, 11) is 5.67. The Morgan fingerprint density at radius 3 is 2.61 bits per heavy atom. The van der Waals surface area contributed by atoms with Crippen LogP contribution in [0.25, 0.3) is 0 Å². The number of likely N-dealkylation sites (N-methyl/N-ethyl adjacent to an activating group) is 1. The molecule has 3 rings (SSSR count). The lowest BCUT2D eigenvalue weighted by molar-refractivity contribution is -0.132. The van der Waals surface area contributed by atoms with Crippen LogP contribution in [0.2, 0.25) is 0 Å². The number of rotatable bonds is 10. The second-order valence-electron chi connectivity index (χ2n) is 7.69. The predicted molar refractivity (Wildman–Crippen MR) is 123 cm³/mol.